The van der Waals surface area contributed by atoms with Crippen LogP contribution in [0.15, 0.2) is 4.79 Å². The van der Waals surface area contributed by atoms with E-state index >= 15 is 0 Å². The molecule has 2 aromatic heterocycles. The molecule has 0 radical (unpaired) electrons. The third kappa shape index (κ3) is 3.95. The predicted molar refractivity (Wildman–Crippen MR) is 112 cm³/mol. The number of aliphatic carboxylic acids is 1. The van der Waals surface area contributed by atoms with Crippen LogP contribution in [0, 0.1) is 0 Å². The van der Waals surface area contributed by atoms with Crippen molar-refractivity contribution < 1.29 is 19.8 Å². The molecule has 1 fully saturated rings. The quantitative estimate of drug-likeness (QED) is 0.678. The first kappa shape index (κ1) is 20.8. The van der Waals surface area contributed by atoms with E-state index in [1.807, 2.05) is 0 Å². The Morgan fingerprint density at radius 2 is 1.87 bits per heavy atom. The molecule has 30 heavy (non-hydrogen) atoms. The second-order valence-electron chi connectivity index (χ2n) is 8.20. The number of carbonyl (C=O) groups is 2. The zero-order valence-electron chi connectivity index (χ0n) is 16.9. The molecule has 2 aliphatic rings. The molecule has 8 nitrogen and oxygen atoms in total. The van der Waals surface area contributed by atoms with Crippen LogP contribution in [0.4, 0.5) is 0 Å². The van der Waals surface area contributed by atoms with Crippen molar-refractivity contribution in [2.45, 2.75) is 76.7 Å². The van der Waals surface area contributed by atoms with E-state index in [4.69, 9.17) is 5.11 Å². The molecule has 1 amide bonds. The molecule has 1 saturated carbocycles. The molecule has 0 bridgehead atoms. The highest BCUT2D eigenvalue weighted by molar-refractivity contribution is 7.17. The third-order valence-corrected chi connectivity index (χ3v) is 7.33. The van der Waals surface area contributed by atoms with Gasteiger partial charge in [-0.2, -0.15) is 4.98 Å². The first-order valence-electron chi connectivity index (χ1n) is 10.8. The predicted octanol–water partition coefficient (Wildman–Crippen LogP) is 2.98. The summed E-state index contributed by atoms with van der Waals surface area (Å²) < 4.78 is 1.52. The van der Waals surface area contributed by atoms with Crippen molar-refractivity contribution in [2.24, 2.45) is 0 Å². The van der Waals surface area contributed by atoms with Crippen molar-refractivity contribution in [1.82, 2.24) is 14.3 Å². The number of aromatic nitrogens is 2. The first-order valence-corrected chi connectivity index (χ1v) is 11.6. The number of carboxylic acid groups (broad SMARTS) is 1. The second kappa shape index (κ2) is 8.75. The van der Waals surface area contributed by atoms with Gasteiger partial charge in [-0.05, 0) is 44.9 Å². The molecule has 9 heteroatoms. The first-order chi connectivity index (χ1) is 14.5. The van der Waals surface area contributed by atoms with Crippen LogP contribution in [0.1, 0.15) is 78.7 Å². The topological polar surface area (TPSA) is 112 Å². The highest BCUT2D eigenvalue weighted by atomic mass is 32.1. The monoisotopic (exact) mass is 433 g/mol. The van der Waals surface area contributed by atoms with E-state index in [9.17, 15) is 19.5 Å². The van der Waals surface area contributed by atoms with Gasteiger partial charge in [-0.1, -0.05) is 19.3 Å². The molecule has 0 aromatic carbocycles. The van der Waals surface area contributed by atoms with E-state index in [-0.39, 0.29) is 24.6 Å². The molecule has 0 unspecified atom stereocenters. The summed E-state index contributed by atoms with van der Waals surface area (Å²) in [7, 11) is 0. The van der Waals surface area contributed by atoms with Crippen molar-refractivity contribution in [2.75, 3.05) is 6.54 Å². The lowest BCUT2D eigenvalue weighted by molar-refractivity contribution is -0.137. The Balaban J connectivity index is 1.73. The van der Waals surface area contributed by atoms with Gasteiger partial charge in [-0.15, -0.1) is 11.3 Å². The number of hydrogen-bond donors (Lipinski definition) is 2. The van der Waals surface area contributed by atoms with Gasteiger partial charge in [0.25, 0.3) is 11.5 Å². The van der Waals surface area contributed by atoms with Gasteiger partial charge in [-0.3, -0.25) is 18.8 Å². The largest absolute Gasteiger partial charge is 0.492 e. The molecule has 0 saturated heterocycles. The number of rotatable bonds is 6. The zero-order valence-corrected chi connectivity index (χ0v) is 17.7. The van der Waals surface area contributed by atoms with E-state index in [1.54, 1.807) is 4.90 Å². The molecule has 4 rings (SSSR count). The molecule has 162 valence electrons. The lowest BCUT2D eigenvalue weighted by Crippen LogP contribution is -2.42. The molecule has 2 aromatic rings. The van der Waals surface area contributed by atoms with E-state index in [2.05, 4.69) is 4.98 Å². The fraction of sp³-hybridized carbons (Fsp3) is 0.619. The van der Waals surface area contributed by atoms with E-state index in [1.165, 1.54) is 15.7 Å². The summed E-state index contributed by atoms with van der Waals surface area (Å²) in [6.45, 7) is 0.249. The Labute approximate surface area is 178 Å². The SMILES string of the molecule is O=C(O)CCCN(C(=O)c1c(O)nc2sc3c(n2c1=O)CCCCC3)C1CCCC1. The summed E-state index contributed by atoms with van der Waals surface area (Å²) in [5.41, 5.74) is 0.111. The minimum absolute atomic E-state index is 0.0367. The number of amides is 1. The summed E-state index contributed by atoms with van der Waals surface area (Å²) in [4.78, 5) is 45.0. The number of fused-ring (bicyclic) bond motifs is 3. The van der Waals surface area contributed by atoms with Crippen LogP contribution >= 0.6 is 11.3 Å². The van der Waals surface area contributed by atoms with Crippen molar-refractivity contribution in [3.8, 4) is 5.88 Å². The number of aryl methyl sites for hydroxylation is 2. The number of nitrogens with zero attached hydrogens (tertiary/aromatic N) is 3. The normalized spacial score (nSPS) is 17.1. The number of carboxylic acids is 1. The molecule has 2 heterocycles. The summed E-state index contributed by atoms with van der Waals surface area (Å²) in [6, 6.07) is -0.0367. The number of hydrogen-bond acceptors (Lipinski definition) is 6. The minimum Gasteiger partial charge on any atom is -0.492 e. The van der Waals surface area contributed by atoms with Crippen LogP contribution in [0.25, 0.3) is 4.96 Å². The highest BCUT2D eigenvalue weighted by Gasteiger charge is 2.32. The maximum absolute atomic E-state index is 13.4. The van der Waals surface area contributed by atoms with Gasteiger partial charge in [0.05, 0.1) is 0 Å². The average molecular weight is 434 g/mol. The fourth-order valence-corrected chi connectivity index (χ4v) is 5.88. The van der Waals surface area contributed by atoms with Crippen LogP contribution in [0.3, 0.4) is 0 Å². The van der Waals surface area contributed by atoms with Crippen LogP contribution in [-0.2, 0) is 17.6 Å². The Kier molecular flexibility index (Phi) is 6.08. The zero-order chi connectivity index (χ0) is 21.3. The maximum Gasteiger partial charge on any atom is 0.303 e. The van der Waals surface area contributed by atoms with E-state index in [0.717, 1.165) is 68.4 Å². The van der Waals surface area contributed by atoms with Gasteiger partial charge in [-0.25, -0.2) is 0 Å². The Hall–Kier alpha value is -2.42. The summed E-state index contributed by atoms with van der Waals surface area (Å²) >= 11 is 1.41. The van der Waals surface area contributed by atoms with Crippen molar-refractivity contribution >= 4 is 28.2 Å². The Bertz CT molecular complexity index is 1020. The van der Waals surface area contributed by atoms with Crippen molar-refractivity contribution in [1.29, 1.82) is 0 Å². The number of carbonyl (C=O) groups excluding carboxylic acids is 1. The highest BCUT2D eigenvalue weighted by Crippen LogP contribution is 2.30. The molecular weight excluding hydrogens is 406 g/mol. The Morgan fingerprint density at radius 3 is 2.60 bits per heavy atom. The van der Waals surface area contributed by atoms with Gasteiger partial charge in [0, 0.05) is 29.6 Å². The van der Waals surface area contributed by atoms with E-state index < -0.39 is 23.3 Å². The molecule has 0 atom stereocenters. The minimum atomic E-state index is -0.916. The lowest BCUT2D eigenvalue weighted by atomic mass is 10.1. The van der Waals surface area contributed by atoms with Crippen LogP contribution in [0.5, 0.6) is 5.88 Å². The molecule has 0 aliphatic heterocycles. The molecule has 2 N–H and O–H groups in total. The van der Waals surface area contributed by atoms with Gasteiger partial charge >= 0.3 is 5.97 Å². The maximum atomic E-state index is 13.4. The molecule has 0 spiro atoms. The standard InChI is InChI=1S/C21H27N3O5S/c25-16(26)11-6-12-23(13-7-4-5-8-13)19(28)17-18(27)22-21-24(20(17)29)14-9-2-1-3-10-15(14)30-21/h13,27H,1-12H2,(H,25,26). The van der Waals surface area contributed by atoms with Crippen LogP contribution < -0.4 is 5.56 Å². The van der Waals surface area contributed by atoms with Gasteiger partial charge in [0.1, 0.15) is 0 Å². The van der Waals surface area contributed by atoms with Crippen molar-refractivity contribution in [3.05, 3.63) is 26.5 Å². The molecular formula is C21H27N3O5S. The average Bonchev–Trinajstić information content (AvgIpc) is 3.28. The smallest absolute Gasteiger partial charge is 0.303 e. The van der Waals surface area contributed by atoms with Gasteiger partial charge < -0.3 is 15.1 Å². The summed E-state index contributed by atoms with van der Waals surface area (Å²) in [6.07, 6.45) is 8.70. The fourth-order valence-electron chi connectivity index (χ4n) is 4.69. The van der Waals surface area contributed by atoms with Crippen molar-refractivity contribution in [3.63, 3.8) is 0 Å². The second-order valence-corrected chi connectivity index (χ2v) is 9.26. The van der Waals surface area contributed by atoms with Crippen LogP contribution in [-0.4, -0.2) is 49.0 Å². The van der Waals surface area contributed by atoms with Gasteiger partial charge in [0.2, 0.25) is 5.88 Å². The summed E-state index contributed by atoms with van der Waals surface area (Å²) in [5, 5.41) is 19.5. The number of aromatic hydroxyl groups is 1. The molecule has 2 aliphatic carbocycles. The van der Waals surface area contributed by atoms with Crippen LogP contribution in [0.2, 0.25) is 0 Å². The number of thiazole rings is 1. The van der Waals surface area contributed by atoms with E-state index in [0.29, 0.717) is 11.4 Å². The third-order valence-electron chi connectivity index (χ3n) is 6.19. The summed E-state index contributed by atoms with van der Waals surface area (Å²) in [5.74, 6) is -1.98. The van der Waals surface area contributed by atoms with Gasteiger partial charge in [0.15, 0.2) is 10.5 Å². The Morgan fingerprint density at radius 1 is 1.13 bits per heavy atom. The lowest BCUT2D eigenvalue weighted by Gasteiger charge is -2.29.